The number of aromatic amines is 1. The zero-order valence-electron chi connectivity index (χ0n) is 16.6. The van der Waals surface area contributed by atoms with Gasteiger partial charge in [0.05, 0.1) is 25.5 Å². The van der Waals surface area contributed by atoms with Crippen LogP contribution in [0.1, 0.15) is 16.8 Å². The maximum atomic E-state index is 12.6. The van der Waals surface area contributed by atoms with Gasteiger partial charge in [0.1, 0.15) is 17.3 Å². The molecule has 0 atom stereocenters. The largest absolute Gasteiger partial charge is 0.496 e. The Labute approximate surface area is 169 Å². The van der Waals surface area contributed by atoms with Crippen molar-refractivity contribution in [1.82, 2.24) is 14.9 Å². The van der Waals surface area contributed by atoms with Crippen LogP contribution in [0.4, 0.5) is 5.69 Å². The summed E-state index contributed by atoms with van der Waals surface area (Å²) in [7, 11) is 3.31. The molecule has 0 aliphatic carbocycles. The first-order valence-corrected chi connectivity index (χ1v) is 9.49. The zero-order chi connectivity index (χ0) is 20.4. The fourth-order valence-electron chi connectivity index (χ4n) is 3.71. The van der Waals surface area contributed by atoms with Crippen molar-refractivity contribution in [2.24, 2.45) is 0 Å². The van der Waals surface area contributed by atoms with E-state index in [0.717, 1.165) is 40.4 Å². The topological polar surface area (TPSA) is 93.5 Å². The van der Waals surface area contributed by atoms with E-state index in [1.807, 2.05) is 30.3 Å². The highest BCUT2D eigenvalue weighted by atomic mass is 16.5. The Bertz CT molecular complexity index is 1050. The van der Waals surface area contributed by atoms with Crippen molar-refractivity contribution in [2.75, 3.05) is 26.5 Å². The summed E-state index contributed by atoms with van der Waals surface area (Å²) in [6.45, 7) is 2.00. The number of ether oxygens (including phenoxy) is 2. The van der Waals surface area contributed by atoms with E-state index in [-0.39, 0.29) is 5.56 Å². The first kappa shape index (κ1) is 19.0. The summed E-state index contributed by atoms with van der Waals surface area (Å²) in [5.41, 5.74) is 9.75. The van der Waals surface area contributed by atoms with Gasteiger partial charge >= 0.3 is 0 Å². The van der Waals surface area contributed by atoms with E-state index in [1.54, 1.807) is 26.4 Å². The number of fused-ring (bicyclic) bond motifs is 1. The van der Waals surface area contributed by atoms with Crippen molar-refractivity contribution >= 4 is 5.69 Å². The molecular weight excluding hydrogens is 368 g/mol. The first-order valence-electron chi connectivity index (χ1n) is 9.49. The third-order valence-corrected chi connectivity index (χ3v) is 5.25. The lowest BCUT2D eigenvalue weighted by atomic mass is 10.0. The quantitative estimate of drug-likeness (QED) is 0.649. The van der Waals surface area contributed by atoms with Crippen molar-refractivity contribution in [1.29, 1.82) is 0 Å². The van der Waals surface area contributed by atoms with Gasteiger partial charge in [-0.15, -0.1) is 0 Å². The van der Waals surface area contributed by atoms with Crippen LogP contribution in [0.15, 0.2) is 47.3 Å². The predicted molar refractivity (Wildman–Crippen MR) is 112 cm³/mol. The normalized spacial score (nSPS) is 13.7. The number of H-pyrrole nitrogens is 1. The standard InChI is InChI=1S/C22H24N4O3/c1-28-19-4-3-5-20(29-2)17(19)12-26-11-10-16-18(13-26)24-21(25-22(16)27)14-6-8-15(23)9-7-14/h3-9H,10-13,23H2,1-2H3,(H,24,25,27). The van der Waals surface area contributed by atoms with Crippen LogP contribution in [0.2, 0.25) is 0 Å². The molecule has 0 unspecified atom stereocenters. The van der Waals surface area contributed by atoms with Gasteiger partial charge in [0.15, 0.2) is 0 Å². The Morgan fingerprint density at radius 3 is 2.45 bits per heavy atom. The molecule has 150 valence electrons. The summed E-state index contributed by atoms with van der Waals surface area (Å²) in [6.07, 6.45) is 0.650. The van der Waals surface area contributed by atoms with Crippen LogP contribution in [0.25, 0.3) is 11.4 Å². The molecule has 3 N–H and O–H groups in total. The van der Waals surface area contributed by atoms with Gasteiger partial charge < -0.3 is 20.2 Å². The number of nitrogens with two attached hydrogens (primary N) is 1. The highest BCUT2D eigenvalue weighted by Crippen LogP contribution is 2.31. The SMILES string of the molecule is COc1cccc(OC)c1CN1CCc2c(nc(-c3ccc(N)cc3)[nH]c2=O)C1. The number of nitrogen functional groups attached to an aromatic ring is 1. The van der Waals surface area contributed by atoms with Crippen molar-refractivity contribution < 1.29 is 9.47 Å². The molecule has 0 saturated carbocycles. The highest BCUT2D eigenvalue weighted by Gasteiger charge is 2.23. The molecule has 29 heavy (non-hydrogen) atoms. The van der Waals surface area contributed by atoms with Gasteiger partial charge in [-0.05, 0) is 42.8 Å². The summed E-state index contributed by atoms with van der Waals surface area (Å²) in [5, 5.41) is 0. The lowest BCUT2D eigenvalue weighted by molar-refractivity contribution is 0.233. The number of hydrogen-bond acceptors (Lipinski definition) is 6. The molecule has 7 nitrogen and oxygen atoms in total. The van der Waals surface area contributed by atoms with Crippen LogP contribution >= 0.6 is 0 Å². The van der Waals surface area contributed by atoms with Crippen LogP contribution < -0.4 is 20.8 Å². The van der Waals surface area contributed by atoms with E-state index in [4.69, 9.17) is 20.2 Å². The molecule has 1 aliphatic rings. The Morgan fingerprint density at radius 2 is 1.79 bits per heavy atom. The van der Waals surface area contributed by atoms with Gasteiger partial charge in [-0.1, -0.05) is 6.07 Å². The minimum Gasteiger partial charge on any atom is -0.496 e. The number of methoxy groups -OCH3 is 2. The predicted octanol–water partition coefficient (Wildman–Crippen LogP) is 2.59. The molecule has 1 aromatic heterocycles. The van der Waals surface area contributed by atoms with Gasteiger partial charge in [0.2, 0.25) is 0 Å². The molecule has 2 heterocycles. The molecule has 7 heteroatoms. The van der Waals surface area contributed by atoms with Crippen LogP contribution in [0.3, 0.4) is 0 Å². The first-order chi connectivity index (χ1) is 14.1. The van der Waals surface area contributed by atoms with E-state index in [9.17, 15) is 4.79 Å². The second-order valence-electron chi connectivity index (χ2n) is 7.06. The minimum atomic E-state index is -0.0728. The van der Waals surface area contributed by atoms with Gasteiger partial charge in [-0.2, -0.15) is 0 Å². The fourth-order valence-corrected chi connectivity index (χ4v) is 3.71. The number of rotatable bonds is 5. The Kier molecular flexibility index (Phi) is 5.22. The molecule has 3 aromatic rings. The van der Waals surface area contributed by atoms with E-state index < -0.39 is 0 Å². The third-order valence-electron chi connectivity index (χ3n) is 5.25. The molecule has 1 aliphatic heterocycles. The van der Waals surface area contributed by atoms with Gasteiger partial charge in [0.25, 0.3) is 5.56 Å². The summed E-state index contributed by atoms with van der Waals surface area (Å²) >= 11 is 0. The van der Waals surface area contributed by atoms with Crippen LogP contribution in [0, 0.1) is 0 Å². The van der Waals surface area contributed by atoms with Gasteiger partial charge in [-0.3, -0.25) is 9.69 Å². The molecule has 0 fully saturated rings. The summed E-state index contributed by atoms with van der Waals surface area (Å²) in [6, 6.07) is 13.1. The van der Waals surface area contributed by atoms with Crippen LogP contribution in [0.5, 0.6) is 11.5 Å². The number of nitrogens with zero attached hydrogens (tertiary/aromatic N) is 2. The molecule has 0 spiro atoms. The molecule has 2 aromatic carbocycles. The zero-order valence-corrected chi connectivity index (χ0v) is 16.6. The lowest BCUT2D eigenvalue weighted by Crippen LogP contribution is -2.35. The van der Waals surface area contributed by atoms with Crippen molar-refractivity contribution in [3.63, 3.8) is 0 Å². The average Bonchev–Trinajstić information content (AvgIpc) is 2.74. The molecule has 0 saturated heterocycles. The van der Waals surface area contributed by atoms with E-state index in [1.165, 1.54) is 0 Å². The number of nitrogens with one attached hydrogen (secondary N) is 1. The second kappa shape index (κ2) is 7.97. The molecular formula is C22H24N4O3. The van der Waals surface area contributed by atoms with E-state index in [2.05, 4.69) is 9.88 Å². The maximum Gasteiger partial charge on any atom is 0.254 e. The third kappa shape index (κ3) is 3.82. The van der Waals surface area contributed by atoms with Crippen LogP contribution in [-0.2, 0) is 19.5 Å². The molecule has 4 rings (SSSR count). The summed E-state index contributed by atoms with van der Waals surface area (Å²) in [5.74, 6) is 2.14. The van der Waals surface area contributed by atoms with Crippen molar-refractivity contribution in [3.8, 4) is 22.9 Å². The van der Waals surface area contributed by atoms with E-state index >= 15 is 0 Å². The number of aromatic nitrogens is 2. The Hall–Kier alpha value is -3.32. The Balaban J connectivity index is 1.63. The van der Waals surface area contributed by atoms with E-state index in [0.29, 0.717) is 31.0 Å². The number of benzene rings is 2. The lowest BCUT2D eigenvalue weighted by Gasteiger charge is -2.28. The second-order valence-corrected chi connectivity index (χ2v) is 7.06. The highest BCUT2D eigenvalue weighted by molar-refractivity contribution is 5.58. The van der Waals surface area contributed by atoms with Crippen molar-refractivity contribution in [2.45, 2.75) is 19.5 Å². The number of hydrogen-bond donors (Lipinski definition) is 2. The van der Waals surface area contributed by atoms with Gasteiger partial charge in [-0.25, -0.2) is 4.98 Å². The molecule has 0 radical (unpaired) electrons. The van der Waals surface area contributed by atoms with Crippen molar-refractivity contribution in [3.05, 3.63) is 69.6 Å². The monoisotopic (exact) mass is 392 g/mol. The summed E-state index contributed by atoms with van der Waals surface area (Å²) in [4.78, 5) is 22.5. The smallest absolute Gasteiger partial charge is 0.254 e. The maximum absolute atomic E-state index is 12.6. The van der Waals surface area contributed by atoms with Gasteiger partial charge in [0, 0.05) is 36.4 Å². The molecule has 0 bridgehead atoms. The average molecular weight is 392 g/mol. The Morgan fingerprint density at radius 1 is 1.10 bits per heavy atom. The molecule has 0 amide bonds. The minimum absolute atomic E-state index is 0.0728. The van der Waals surface area contributed by atoms with Crippen LogP contribution in [-0.4, -0.2) is 35.6 Å². The summed E-state index contributed by atoms with van der Waals surface area (Å²) < 4.78 is 11.0. The fraction of sp³-hybridized carbons (Fsp3) is 0.273. The number of anilines is 1.